The number of aromatic hydroxyl groups is 1. The number of piperazine rings is 1. The normalized spacial score (nSPS) is 16.6. The predicted molar refractivity (Wildman–Crippen MR) is 130 cm³/mol. The summed E-state index contributed by atoms with van der Waals surface area (Å²) in [5.41, 5.74) is 5.23. The third kappa shape index (κ3) is 4.14. The standard InChI is InChI=1S/C25H29N7O/c1-15(2)22-14-32(8-7-26-22)25-27-12-21(28-29-25)20-6-5-17(11-23(20)33)18-9-16(3)24-19(10-18)13-31(4)30-24/h5-6,9-13,15,22,26,33H,7-8,14H2,1-4H3/t22-/m1/s1. The van der Waals surface area contributed by atoms with E-state index < -0.39 is 0 Å². The Balaban J connectivity index is 1.40. The first kappa shape index (κ1) is 21.3. The maximum absolute atomic E-state index is 10.8. The number of hydrogen-bond donors (Lipinski definition) is 2. The molecule has 1 atom stereocenters. The highest BCUT2D eigenvalue weighted by molar-refractivity contribution is 5.87. The zero-order chi connectivity index (χ0) is 23.1. The van der Waals surface area contributed by atoms with E-state index in [-0.39, 0.29) is 5.75 Å². The van der Waals surface area contributed by atoms with Gasteiger partial charge in [0.1, 0.15) is 11.4 Å². The van der Waals surface area contributed by atoms with Gasteiger partial charge in [-0.1, -0.05) is 19.9 Å². The fraction of sp³-hybridized carbons (Fsp3) is 0.360. The second-order valence-corrected chi connectivity index (χ2v) is 9.16. The largest absolute Gasteiger partial charge is 0.507 e. The number of nitrogens with zero attached hydrogens (tertiary/aromatic N) is 6. The first-order valence-electron chi connectivity index (χ1n) is 11.3. The van der Waals surface area contributed by atoms with Gasteiger partial charge in [0, 0.05) is 49.9 Å². The highest BCUT2D eigenvalue weighted by Crippen LogP contribution is 2.34. The van der Waals surface area contributed by atoms with E-state index in [0.717, 1.165) is 47.2 Å². The number of aromatic nitrogens is 5. The van der Waals surface area contributed by atoms with E-state index in [4.69, 9.17) is 0 Å². The zero-order valence-corrected chi connectivity index (χ0v) is 19.4. The minimum Gasteiger partial charge on any atom is -0.507 e. The molecule has 8 nitrogen and oxygen atoms in total. The number of hydrogen-bond acceptors (Lipinski definition) is 7. The molecule has 3 heterocycles. The number of phenols is 1. The number of rotatable bonds is 4. The molecule has 1 saturated heterocycles. The summed E-state index contributed by atoms with van der Waals surface area (Å²) in [6.07, 6.45) is 3.69. The summed E-state index contributed by atoms with van der Waals surface area (Å²) >= 11 is 0. The first-order chi connectivity index (χ1) is 15.9. The summed E-state index contributed by atoms with van der Waals surface area (Å²) in [7, 11) is 1.92. The first-order valence-corrected chi connectivity index (χ1v) is 11.3. The lowest BCUT2D eigenvalue weighted by Gasteiger charge is -2.35. The van der Waals surface area contributed by atoms with E-state index in [1.54, 1.807) is 12.3 Å². The fourth-order valence-corrected chi connectivity index (χ4v) is 4.47. The van der Waals surface area contributed by atoms with Crippen LogP contribution in [-0.2, 0) is 7.05 Å². The SMILES string of the molecule is Cc1cc(-c2ccc(-c3cnc(N4CCN[C@@H](C(C)C)C4)nn3)c(O)c2)cc2cn(C)nc12. The average molecular weight is 444 g/mol. The van der Waals surface area contributed by atoms with Crippen molar-refractivity contribution in [2.24, 2.45) is 13.0 Å². The molecule has 1 fully saturated rings. The van der Waals surface area contributed by atoms with Gasteiger partial charge in [-0.3, -0.25) is 4.68 Å². The van der Waals surface area contributed by atoms with Crippen molar-refractivity contribution in [2.75, 3.05) is 24.5 Å². The molecule has 0 bridgehead atoms. The molecule has 4 aromatic rings. The van der Waals surface area contributed by atoms with Crippen LogP contribution in [0.5, 0.6) is 5.75 Å². The molecule has 2 aromatic carbocycles. The molecule has 0 radical (unpaired) electrons. The molecule has 0 unspecified atom stereocenters. The minimum atomic E-state index is 0.155. The Labute approximate surface area is 193 Å². The Kier molecular flexibility index (Phi) is 5.46. The summed E-state index contributed by atoms with van der Waals surface area (Å²) in [5, 5.41) is 28.6. The van der Waals surface area contributed by atoms with Gasteiger partial charge in [-0.15, -0.1) is 10.2 Å². The molecule has 5 rings (SSSR count). The van der Waals surface area contributed by atoms with Crippen LogP contribution in [0.2, 0.25) is 0 Å². The lowest BCUT2D eigenvalue weighted by Crippen LogP contribution is -2.53. The van der Waals surface area contributed by atoms with Crippen molar-refractivity contribution in [2.45, 2.75) is 26.8 Å². The van der Waals surface area contributed by atoms with Gasteiger partial charge >= 0.3 is 0 Å². The summed E-state index contributed by atoms with van der Waals surface area (Å²) < 4.78 is 1.82. The number of aryl methyl sites for hydroxylation is 2. The molecule has 0 aliphatic carbocycles. The Bertz CT molecular complexity index is 1300. The van der Waals surface area contributed by atoms with Gasteiger partial charge in [-0.2, -0.15) is 5.10 Å². The van der Waals surface area contributed by atoms with E-state index >= 15 is 0 Å². The van der Waals surface area contributed by atoms with Crippen molar-refractivity contribution in [1.82, 2.24) is 30.3 Å². The lowest BCUT2D eigenvalue weighted by atomic mass is 9.99. The van der Waals surface area contributed by atoms with Crippen LogP contribution < -0.4 is 10.2 Å². The molecule has 0 saturated carbocycles. The maximum Gasteiger partial charge on any atom is 0.245 e. The molecule has 33 heavy (non-hydrogen) atoms. The monoisotopic (exact) mass is 443 g/mol. The molecule has 2 N–H and O–H groups in total. The van der Waals surface area contributed by atoms with Gasteiger partial charge in [-0.05, 0) is 53.8 Å². The Morgan fingerprint density at radius 2 is 1.97 bits per heavy atom. The predicted octanol–water partition coefficient (Wildman–Crippen LogP) is 3.54. The van der Waals surface area contributed by atoms with Gasteiger partial charge < -0.3 is 15.3 Å². The van der Waals surface area contributed by atoms with Crippen LogP contribution in [0.1, 0.15) is 19.4 Å². The van der Waals surface area contributed by atoms with E-state index in [9.17, 15) is 5.11 Å². The van der Waals surface area contributed by atoms with Gasteiger partial charge in [0.05, 0.1) is 11.7 Å². The van der Waals surface area contributed by atoms with Crippen LogP contribution in [-0.4, -0.2) is 55.7 Å². The molecule has 0 spiro atoms. The highest BCUT2D eigenvalue weighted by Gasteiger charge is 2.23. The molecular weight excluding hydrogens is 414 g/mol. The smallest absolute Gasteiger partial charge is 0.245 e. The van der Waals surface area contributed by atoms with E-state index in [1.807, 2.05) is 30.1 Å². The van der Waals surface area contributed by atoms with Crippen LogP contribution in [0.4, 0.5) is 5.95 Å². The van der Waals surface area contributed by atoms with E-state index in [0.29, 0.717) is 29.2 Å². The molecular formula is C25H29N7O. The van der Waals surface area contributed by atoms with E-state index in [2.05, 4.69) is 63.4 Å². The van der Waals surface area contributed by atoms with Crippen molar-refractivity contribution < 1.29 is 5.11 Å². The second-order valence-electron chi connectivity index (χ2n) is 9.16. The van der Waals surface area contributed by atoms with E-state index in [1.165, 1.54) is 0 Å². The maximum atomic E-state index is 10.8. The quantitative estimate of drug-likeness (QED) is 0.498. The number of benzene rings is 2. The molecule has 170 valence electrons. The molecule has 1 aliphatic heterocycles. The van der Waals surface area contributed by atoms with Gasteiger partial charge in [0.25, 0.3) is 0 Å². The van der Waals surface area contributed by atoms with Crippen LogP contribution in [0.15, 0.2) is 42.7 Å². The van der Waals surface area contributed by atoms with Crippen LogP contribution in [0.3, 0.4) is 0 Å². The number of fused-ring (bicyclic) bond motifs is 1. The van der Waals surface area contributed by atoms with Gasteiger partial charge in [0.15, 0.2) is 0 Å². The topological polar surface area (TPSA) is 92.0 Å². The van der Waals surface area contributed by atoms with Crippen LogP contribution in [0.25, 0.3) is 33.3 Å². The lowest BCUT2D eigenvalue weighted by molar-refractivity contribution is 0.365. The van der Waals surface area contributed by atoms with Crippen molar-refractivity contribution in [3.63, 3.8) is 0 Å². The third-order valence-corrected chi connectivity index (χ3v) is 6.36. The number of nitrogens with one attached hydrogen (secondary N) is 1. The average Bonchev–Trinajstić information content (AvgIpc) is 3.20. The van der Waals surface area contributed by atoms with Crippen LogP contribution >= 0.6 is 0 Å². The second kappa shape index (κ2) is 8.44. The Hall–Kier alpha value is -3.52. The van der Waals surface area contributed by atoms with Crippen LogP contribution in [0, 0.1) is 12.8 Å². The van der Waals surface area contributed by atoms with Gasteiger partial charge in [0.2, 0.25) is 5.95 Å². The molecule has 1 aliphatic rings. The van der Waals surface area contributed by atoms with Crippen molar-refractivity contribution in [1.29, 1.82) is 0 Å². The minimum absolute atomic E-state index is 0.155. The summed E-state index contributed by atoms with van der Waals surface area (Å²) in [5.74, 6) is 1.32. The summed E-state index contributed by atoms with van der Waals surface area (Å²) in [6.45, 7) is 9.10. The Morgan fingerprint density at radius 1 is 1.12 bits per heavy atom. The summed E-state index contributed by atoms with van der Waals surface area (Å²) in [6, 6.07) is 10.2. The Morgan fingerprint density at radius 3 is 2.70 bits per heavy atom. The van der Waals surface area contributed by atoms with Crippen molar-refractivity contribution in [3.8, 4) is 28.1 Å². The number of anilines is 1. The highest BCUT2D eigenvalue weighted by atomic mass is 16.3. The van der Waals surface area contributed by atoms with Crippen molar-refractivity contribution >= 4 is 16.9 Å². The van der Waals surface area contributed by atoms with Crippen molar-refractivity contribution in [3.05, 3.63) is 48.3 Å². The van der Waals surface area contributed by atoms with Gasteiger partial charge in [-0.25, -0.2) is 4.98 Å². The molecule has 8 heteroatoms. The third-order valence-electron chi connectivity index (χ3n) is 6.36. The molecule has 0 amide bonds. The number of phenolic OH excluding ortho intramolecular Hbond substituents is 1. The zero-order valence-electron chi connectivity index (χ0n) is 19.4. The fourth-order valence-electron chi connectivity index (χ4n) is 4.47. The molecule has 2 aromatic heterocycles. The summed E-state index contributed by atoms with van der Waals surface area (Å²) in [4.78, 5) is 6.71.